The van der Waals surface area contributed by atoms with Crippen LogP contribution in [0.4, 0.5) is 0 Å². The Labute approximate surface area is 140 Å². The topological polar surface area (TPSA) is 46.5 Å². The van der Waals surface area contributed by atoms with Crippen molar-refractivity contribution < 1.29 is 0 Å². The summed E-state index contributed by atoms with van der Waals surface area (Å²) in [5.41, 5.74) is 4.54. The summed E-state index contributed by atoms with van der Waals surface area (Å²) in [5, 5.41) is 11.3. The maximum Gasteiger partial charge on any atom is 0.0848 e. The van der Waals surface area contributed by atoms with Gasteiger partial charge in [-0.15, -0.1) is 0 Å². The normalized spacial score (nSPS) is 11.6. The molecule has 2 aromatic heterocycles. The van der Waals surface area contributed by atoms with E-state index in [1.165, 1.54) is 5.69 Å². The number of H-pyrrole nitrogens is 1. The number of nitrogens with zero attached hydrogens (tertiary/aromatic N) is 3. The van der Waals surface area contributed by atoms with Gasteiger partial charge >= 0.3 is 0 Å². The number of aromatic nitrogens is 4. The van der Waals surface area contributed by atoms with Crippen LogP contribution in [0, 0.1) is 0 Å². The highest BCUT2D eigenvalue weighted by atomic mass is 15.3. The summed E-state index contributed by atoms with van der Waals surface area (Å²) in [6, 6.07) is 4.10. The van der Waals surface area contributed by atoms with Crippen molar-refractivity contribution in [3.05, 3.63) is 48.1 Å². The van der Waals surface area contributed by atoms with Crippen LogP contribution in [0.2, 0.25) is 0 Å². The van der Waals surface area contributed by atoms with E-state index in [1.807, 2.05) is 17.8 Å². The van der Waals surface area contributed by atoms with E-state index < -0.39 is 0 Å². The number of nitrogens with one attached hydrogen (secondary N) is 1. The highest BCUT2D eigenvalue weighted by molar-refractivity contribution is 5.43. The number of aryl methyl sites for hydroxylation is 1. The molecule has 0 saturated carbocycles. The van der Waals surface area contributed by atoms with Gasteiger partial charge in [0.25, 0.3) is 0 Å². The van der Waals surface area contributed by atoms with E-state index in [1.54, 1.807) is 12.2 Å². The second-order valence-electron chi connectivity index (χ2n) is 7.69. The van der Waals surface area contributed by atoms with Crippen molar-refractivity contribution in [2.45, 2.75) is 52.4 Å². The molecule has 4 nitrogen and oxygen atoms in total. The van der Waals surface area contributed by atoms with E-state index in [9.17, 15) is 0 Å². The van der Waals surface area contributed by atoms with Crippen LogP contribution >= 0.6 is 0 Å². The molecule has 0 aliphatic heterocycles. The summed E-state index contributed by atoms with van der Waals surface area (Å²) in [6.45, 7) is 20.3. The quantitative estimate of drug-likeness (QED) is 0.872. The fraction of sp³-hybridized carbons (Fsp3) is 0.474. The predicted octanol–water partition coefficient (Wildman–Crippen LogP) is 4.71. The van der Waals surface area contributed by atoms with Crippen LogP contribution < -0.4 is 0 Å². The van der Waals surface area contributed by atoms with Crippen molar-refractivity contribution in [1.82, 2.24) is 20.0 Å². The van der Waals surface area contributed by atoms with Crippen LogP contribution in [0.15, 0.2) is 25.3 Å². The molecule has 0 saturated heterocycles. The van der Waals surface area contributed by atoms with Crippen molar-refractivity contribution in [3.63, 3.8) is 0 Å². The first-order valence-electron chi connectivity index (χ1n) is 7.84. The van der Waals surface area contributed by atoms with E-state index in [4.69, 9.17) is 0 Å². The fourth-order valence-corrected chi connectivity index (χ4v) is 2.12. The Morgan fingerprint density at radius 2 is 1.52 bits per heavy atom. The molecular weight excluding hydrogens is 284 g/mol. The predicted molar refractivity (Wildman–Crippen MR) is 99.4 cm³/mol. The molecule has 2 aromatic rings. The Balaban J connectivity index is 0.000000231. The van der Waals surface area contributed by atoms with Gasteiger partial charge in [0.15, 0.2) is 0 Å². The maximum atomic E-state index is 4.29. The first-order chi connectivity index (χ1) is 10.5. The maximum absolute atomic E-state index is 4.29. The molecule has 126 valence electrons. The summed E-state index contributed by atoms with van der Waals surface area (Å²) in [6.07, 6.45) is 3.51. The molecule has 0 amide bonds. The van der Waals surface area contributed by atoms with E-state index in [0.29, 0.717) is 0 Å². The molecule has 0 spiro atoms. The molecule has 0 fully saturated rings. The molecule has 1 N–H and O–H groups in total. The highest BCUT2D eigenvalue weighted by Gasteiger charge is 2.18. The monoisotopic (exact) mass is 314 g/mol. The van der Waals surface area contributed by atoms with Gasteiger partial charge < -0.3 is 0 Å². The first-order valence-corrected chi connectivity index (χ1v) is 7.84. The summed E-state index contributed by atoms with van der Waals surface area (Å²) in [7, 11) is 1.97. The molecule has 2 rings (SSSR count). The van der Waals surface area contributed by atoms with Crippen molar-refractivity contribution in [2.75, 3.05) is 0 Å². The standard InChI is InChI=1S/C10H16N2.C9H14N2/c1-6-8-7-9(10(2,3)4)12(5)11-8;1-5-7-6-8(11-10-7)9(2,3)4/h6-7H,1H2,2-5H3;5-6H,1H2,2-4H3,(H,10,11). The summed E-state index contributed by atoms with van der Waals surface area (Å²) < 4.78 is 1.91. The average Bonchev–Trinajstić information content (AvgIpc) is 3.03. The van der Waals surface area contributed by atoms with Gasteiger partial charge in [-0.05, 0) is 24.3 Å². The molecular formula is C19H30N4. The minimum atomic E-state index is 0.147. The Hall–Kier alpha value is -2.10. The molecule has 0 aromatic carbocycles. The highest BCUT2D eigenvalue weighted by Crippen LogP contribution is 2.22. The zero-order chi connectivity index (χ0) is 17.8. The molecule has 0 unspecified atom stereocenters. The minimum absolute atomic E-state index is 0.147. The second kappa shape index (κ2) is 6.99. The number of hydrogen-bond donors (Lipinski definition) is 1. The van der Waals surface area contributed by atoms with Crippen LogP contribution in [0.5, 0.6) is 0 Å². The zero-order valence-corrected chi connectivity index (χ0v) is 15.6. The lowest BCUT2D eigenvalue weighted by atomic mass is 9.92. The third-order valence-electron chi connectivity index (χ3n) is 3.49. The lowest BCUT2D eigenvalue weighted by Gasteiger charge is -2.17. The molecule has 4 heteroatoms. The molecule has 2 heterocycles. The van der Waals surface area contributed by atoms with Gasteiger partial charge in [0, 0.05) is 29.3 Å². The molecule has 0 atom stereocenters. The molecule has 0 aliphatic carbocycles. The number of aromatic amines is 1. The first kappa shape index (κ1) is 18.9. The van der Waals surface area contributed by atoms with Crippen LogP contribution in [0.3, 0.4) is 0 Å². The second-order valence-corrected chi connectivity index (χ2v) is 7.69. The van der Waals surface area contributed by atoms with Crippen molar-refractivity contribution in [2.24, 2.45) is 7.05 Å². The minimum Gasteiger partial charge on any atom is -0.281 e. The molecule has 0 aliphatic rings. The van der Waals surface area contributed by atoms with Gasteiger partial charge in [0.05, 0.1) is 11.4 Å². The van der Waals surface area contributed by atoms with E-state index >= 15 is 0 Å². The smallest absolute Gasteiger partial charge is 0.0848 e. The van der Waals surface area contributed by atoms with Crippen LogP contribution in [-0.4, -0.2) is 20.0 Å². The zero-order valence-electron chi connectivity index (χ0n) is 15.6. The Kier molecular flexibility index (Phi) is 5.75. The van der Waals surface area contributed by atoms with E-state index in [0.717, 1.165) is 17.1 Å². The van der Waals surface area contributed by atoms with Crippen molar-refractivity contribution >= 4 is 12.2 Å². The van der Waals surface area contributed by atoms with E-state index in [2.05, 4.69) is 76.1 Å². The van der Waals surface area contributed by atoms with Crippen molar-refractivity contribution in [3.8, 4) is 0 Å². The fourth-order valence-electron chi connectivity index (χ4n) is 2.12. The lowest BCUT2D eigenvalue weighted by Crippen LogP contribution is -2.16. The van der Waals surface area contributed by atoms with Crippen LogP contribution in [0.25, 0.3) is 12.2 Å². The third kappa shape index (κ3) is 5.23. The Bertz CT molecular complexity index is 660. The average molecular weight is 314 g/mol. The Morgan fingerprint density at radius 1 is 0.957 bits per heavy atom. The van der Waals surface area contributed by atoms with Crippen LogP contribution in [0.1, 0.15) is 64.3 Å². The number of hydrogen-bond acceptors (Lipinski definition) is 2. The van der Waals surface area contributed by atoms with Crippen LogP contribution in [-0.2, 0) is 17.9 Å². The molecule has 0 radical (unpaired) electrons. The van der Waals surface area contributed by atoms with Crippen molar-refractivity contribution in [1.29, 1.82) is 0 Å². The number of rotatable bonds is 2. The largest absolute Gasteiger partial charge is 0.281 e. The summed E-state index contributed by atoms with van der Waals surface area (Å²) in [4.78, 5) is 0. The van der Waals surface area contributed by atoms with Gasteiger partial charge in [0.1, 0.15) is 0 Å². The van der Waals surface area contributed by atoms with E-state index in [-0.39, 0.29) is 10.8 Å². The lowest BCUT2D eigenvalue weighted by molar-refractivity contribution is 0.523. The Morgan fingerprint density at radius 3 is 1.78 bits per heavy atom. The summed E-state index contributed by atoms with van der Waals surface area (Å²) in [5.74, 6) is 0. The summed E-state index contributed by atoms with van der Waals surface area (Å²) >= 11 is 0. The van der Waals surface area contributed by atoms with Gasteiger partial charge in [-0.1, -0.05) is 54.7 Å². The SMILES string of the molecule is C=Cc1cc(C(C)(C)C)[nH]n1.C=Cc1cc(C(C)(C)C)n(C)n1. The third-order valence-corrected chi connectivity index (χ3v) is 3.49. The van der Waals surface area contributed by atoms with Gasteiger partial charge in [0.2, 0.25) is 0 Å². The molecule has 23 heavy (non-hydrogen) atoms. The van der Waals surface area contributed by atoms with Gasteiger partial charge in [-0.25, -0.2) is 0 Å². The van der Waals surface area contributed by atoms with Gasteiger partial charge in [-0.3, -0.25) is 9.78 Å². The molecule has 0 bridgehead atoms. The van der Waals surface area contributed by atoms with Gasteiger partial charge in [-0.2, -0.15) is 10.2 Å².